The number of amides is 2. The van der Waals surface area contributed by atoms with E-state index in [4.69, 9.17) is 40.4 Å². The van der Waals surface area contributed by atoms with Crippen LogP contribution in [0.25, 0.3) is 0 Å². The second-order valence-corrected chi connectivity index (χ2v) is 5.15. The predicted octanol–water partition coefficient (Wildman–Crippen LogP) is 0.854. The second kappa shape index (κ2) is 6.90. The van der Waals surface area contributed by atoms with Crippen LogP contribution < -0.4 is 22.5 Å². The average Bonchev–Trinajstić information content (AvgIpc) is 2.38. The summed E-state index contributed by atoms with van der Waals surface area (Å²) in [7, 11) is 0. The van der Waals surface area contributed by atoms with Gasteiger partial charge in [0.1, 0.15) is 0 Å². The summed E-state index contributed by atoms with van der Waals surface area (Å²) in [6.45, 7) is 0.293. The van der Waals surface area contributed by atoms with Crippen molar-refractivity contribution < 1.29 is 9.59 Å². The van der Waals surface area contributed by atoms with Crippen LogP contribution in [0.5, 0.6) is 0 Å². The Bertz CT molecular complexity index is 524. The van der Waals surface area contributed by atoms with Crippen LogP contribution in [0.1, 0.15) is 12.8 Å². The quantitative estimate of drug-likeness (QED) is 0.580. The zero-order chi connectivity index (χ0) is 15.3. The highest BCUT2D eigenvalue weighted by Gasteiger charge is 2.39. The molecule has 110 valence electrons. The largest absolute Gasteiger partial charge is 0.368 e. The Kier molecular flexibility index (Phi) is 5.76. The molecule has 7 N–H and O–H groups in total. The summed E-state index contributed by atoms with van der Waals surface area (Å²) < 4.78 is 0. The molecule has 0 spiro atoms. The highest BCUT2D eigenvalue weighted by molar-refractivity contribution is 6.36. The maximum Gasteiger partial charge on any atom is 0.254 e. The Morgan fingerprint density at radius 2 is 1.95 bits per heavy atom. The Labute approximate surface area is 126 Å². The number of anilines is 1. The molecule has 0 saturated carbocycles. The Balaban J connectivity index is 2.94. The molecule has 0 unspecified atom stereocenters. The van der Waals surface area contributed by atoms with E-state index in [9.17, 15) is 9.59 Å². The Hall–Kier alpha value is -1.34. The summed E-state index contributed by atoms with van der Waals surface area (Å²) in [4.78, 5) is 23.6. The van der Waals surface area contributed by atoms with E-state index in [0.29, 0.717) is 23.7 Å². The number of carbonyl (C=O) groups is 2. The minimum absolute atomic E-state index is 0.0515. The van der Waals surface area contributed by atoms with Crippen molar-refractivity contribution >= 4 is 40.7 Å². The van der Waals surface area contributed by atoms with Crippen LogP contribution >= 0.6 is 23.2 Å². The predicted molar refractivity (Wildman–Crippen MR) is 79.5 cm³/mol. The molecule has 2 amide bonds. The monoisotopic (exact) mass is 318 g/mol. The molecule has 0 heterocycles. The average molecular weight is 319 g/mol. The minimum Gasteiger partial charge on any atom is -0.368 e. The van der Waals surface area contributed by atoms with E-state index in [1.54, 1.807) is 6.07 Å². The number of hydrogen-bond donors (Lipinski definition) is 4. The topological polar surface area (TPSA) is 124 Å². The number of nitrogens with two attached hydrogens (primary N) is 3. The first-order chi connectivity index (χ1) is 9.31. The van der Waals surface area contributed by atoms with Crippen LogP contribution in [0.15, 0.2) is 18.2 Å². The summed E-state index contributed by atoms with van der Waals surface area (Å²) in [5, 5.41) is 3.13. The third-order valence-electron chi connectivity index (χ3n) is 2.80. The van der Waals surface area contributed by atoms with Gasteiger partial charge in [0.05, 0.1) is 10.7 Å². The molecular formula is C12H16Cl2N4O2. The van der Waals surface area contributed by atoms with Crippen LogP contribution in [0.3, 0.4) is 0 Å². The molecule has 0 radical (unpaired) electrons. The van der Waals surface area contributed by atoms with Crippen molar-refractivity contribution in [2.75, 3.05) is 11.9 Å². The molecular weight excluding hydrogens is 303 g/mol. The third kappa shape index (κ3) is 3.83. The summed E-state index contributed by atoms with van der Waals surface area (Å²) >= 11 is 11.7. The number of primary amides is 1. The van der Waals surface area contributed by atoms with Crippen molar-refractivity contribution in [1.29, 1.82) is 0 Å². The first-order valence-corrected chi connectivity index (χ1v) is 6.62. The molecule has 20 heavy (non-hydrogen) atoms. The fourth-order valence-electron chi connectivity index (χ4n) is 1.55. The lowest BCUT2D eigenvalue weighted by molar-refractivity contribution is -0.132. The van der Waals surface area contributed by atoms with Gasteiger partial charge in [-0.3, -0.25) is 9.59 Å². The van der Waals surface area contributed by atoms with Gasteiger partial charge in [-0.05, 0) is 37.6 Å². The van der Waals surface area contributed by atoms with Crippen LogP contribution in [0, 0.1) is 0 Å². The lowest BCUT2D eigenvalue weighted by Gasteiger charge is -2.24. The van der Waals surface area contributed by atoms with Gasteiger partial charge in [-0.25, -0.2) is 0 Å². The van der Waals surface area contributed by atoms with Crippen molar-refractivity contribution in [1.82, 2.24) is 0 Å². The molecule has 8 heteroatoms. The van der Waals surface area contributed by atoms with Crippen molar-refractivity contribution in [2.24, 2.45) is 17.2 Å². The van der Waals surface area contributed by atoms with Gasteiger partial charge in [-0.1, -0.05) is 23.2 Å². The lowest BCUT2D eigenvalue weighted by Crippen LogP contribution is -2.60. The molecule has 0 aliphatic heterocycles. The number of rotatable bonds is 6. The van der Waals surface area contributed by atoms with E-state index in [0.717, 1.165) is 0 Å². The van der Waals surface area contributed by atoms with E-state index < -0.39 is 17.4 Å². The van der Waals surface area contributed by atoms with E-state index in [2.05, 4.69) is 5.32 Å². The molecule has 0 aliphatic carbocycles. The number of hydrogen-bond acceptors (Lipinski definition) is 4. The van der Waals surface area contributed by atoms with E-state index in [-0.39, 0.29) is 11.4 Å². The first kappa shape index (κ1) is 16.7. The molecule has 1 atom stereocenters. The normalized spacial score (nSPS) is 13.6. The van der Waals surface area contributed by atoms with Crippen molar-refractivity contribution in [3.05, 3.63) is 28.2 Å². The number of carbonyl (C=O) groups excluding carboxylic acids is 2. The molecule has 1 aromatic rings. The number of nitrogens with one attached hydrogen (secondary N) is 1. The van der Waals surface area contributed by atoms with Gasteiger partial charge in [0.2, 0.25) is 5.91 Å². The second-order valence-electron chi connectivity index (χ2n) is 4.31. The van der Waals surface area contributed by atoms with E-state index >= 15 is 0 Å². The van der Waals surface area contributed by atoms with Gasteiger partial charge in [0.15, 0.2) is 5.54 Å². The zero-order valence-corrected chi connectivity index (χ0v) is 12.2. The van der Waals surface area contributed by atoms with Crippen molar-refractivity contribution in [3.63, 3.8) is 0 Å². The Morgan fingerprint density at radius 1 is 1.30 bits per heavy atom. The van der Waals surface area contributed by atoms with E-state index in [1.165, 1.54) is 12.1 Å². The fourth-order valence-corrected chi connectivity index (χ4v) is 2.01. The smallest absolute Gasteiger partial charge is 0.254 e. The van der Waals surface area contributed by atoms with Crippen molar-refractivity contribution in [2.45, 2.75) is 18.4 Å². The molecule has 6 nitrogen and oxygen atoms in total. The van der Waals surface area contributed by atoms with Crippen LogP contribution in [-0.2, 0) is 9.59 Å². The van der Waals surface area contributed by atoms with Gasteiger partial charge in [-0.2, -0.15) is 0 Å². The molecule has 0 bridgehead atoms. The lowest BCUT2D eigenvalue weighted by atomic mass is 9.92. The molecule has 0 saturated heterocycles. The summed E-state index contributed by atoms with van der Waals surface area (Å²) in [5.74, 6) is -1.66. The van der Waals surface area contributed by atoms with Crippen molar-refractivity contribution in [3.8, 4) is 0 Å². The van der Waals surface area contributed by atoms with Gasteiger partial charge in [0.25, 0.3) is 5.91 Å². The Morgan fingerprint density at radius 3 is 2.45 bits per heavy atom. The highest BCUT2D eigenvalue weighted by atomic mass is 35.5. The maximum atomic E-state index is 12.1. The number of halogens is 2. The van der Waals surface area contributed by atoms with Gasteiger partial charge in [-0.15, -0.1) is 0 Å². The molecule has 0 aliphatic rings. The van der Waals surface area contributed by atoms with E-state index in [1.807, 2.05) is 0 Å². The first-order valence-electron chi connectivity index (χ1n) is 5.86. The molecule has 0 fully saturated rings. The molecule has 1 aromatic carbocycles. The SMILES string of the molecule is NCCC[C@](N)(C(N)=O)C(=O)Nc1ccc(Cl)cc1Cl. The standard InChI is InChI=1S/C12H16Cl2N4O2/c13-7-2-3-9(8(14)6-7)18-11(20)12(17,10(16)19)4-1-5-15/h2-3,6H,1,4-5,15,17H2,(H2,16,19)(H,18,20)/t12-/m0/s1. The van der Waals surface area contributed by atoms with Gasteiger partial charge < -0.3 is 22.5 Å². The fraction of sp³-hybridized carbons (Fsp3) is 0.333. The summed E-state index contributed by atoms with van der Waals surface area (Å²) in [5.41, 5.74) is 14.8. The van der Waals surface area contributed by atoms with Crippen LogP contribution in [-0.4, -0.2) is 23.9 Å². The van der Waals surface area contributed by atoms with Gasteiger partial charge in [0, 0.05) is 5.02 Å². The molecule has 1 rings (SSSR count). The highest BCUT2D eigenvalue weighted by Crippen LogP contribution is 2.26. The van der Waals surface area contributed by atoms with Gasteiger partial charge >= 0.3 is 0 Å². The minimum atomic E-state index is -1.83. The molecule has 0 aromatic heterocycles. The summed E-state index contributed by atoms with van der Waals surface area (Å²) in [6, 6.07) is 4.51. The zero-order valence-electron chi connectivity index (χ0n) is 10.7. The number of benzene rings is 1. The maximum absolute atomic E-state index is 12.1. The van der Waals surface area contributed by atoms with Crippen LogP contribution in [0.2, 0.25) is 10.0 Å². The third-order valence-corrected chi connectivity index (χ3v) is 3.35. The summed E-state index contributed by atoms with van der Waals surface area (Å²) in [6.07, 6.45) is 0.442. The van der Waals surface area contributed by atoms with Crippen LogP contribution in [0.4, 0.5) is 5.69 Å².